The number of aromatic amines is 1. The summed E-state index contributed by atoms with van der Waals surface area (Å²) in [5.41, 5.74) is 6.33. The number of carbonyl (C=O) groups is 1. The molecule has 1 amide bonds. The predicted molar refractivity (Wildman–Crippen MR) is 158 cm³/mol. The van der Waals surface area contributed by atoms with Gasteiger partial charge in [-0.15, -0.1) is 0 Å². The molecule has 1 atom stereocenters. The van der Waals surface area contributed by atoms with E-state index in [9.17, 15) is 4.79 Å². The lowest BCUT2D eigenvalue weighted by Crippen LogP contribution is -2.36. The molecule has 1 aromatic heterocycles. The van der Waals surface area contributed by atoms with Gasteiger partial charge >= 0.3 is 0 Å². The number of carbonyl (C=O) groups excluding carboxylic acids is 1. The van der Waals surface area contributed by atoms with Gasteiger partial charge in [0.05, 0.1) is 25.5 Å². The number of rotatable bonds is 10. The molecule has 1 aliphatic heterocycles. The van der Waals surface area contributed by atoms with Crippen LogP contribution in [-0.2, 0) is 13.0 Å². The van der Waals surface area contributed by atoms with E-state index in [-0.39, 0.29) is 11.9 Å². The third-order valence-corrected chi connectivity index (χ3v) is 7.62. The van der Waals surface area contributed by atoms with Crippen molar-refractivity contribution in [2.45, 2.75) is 39.8 Å². The zero-order valence-electron chi connectivity index (χ0n) is 23.8. The Kier molecular flexibility index (Phi) is 8.51. The van der Waals surface area contributed by atoms with Gasteiger partial charge in [-0.3, -0.25) is 9.69 Å². The van der Waals surface area contributed by atoms with E-state index in [1.807, 2.05) is 62.2 Å². The van der Waals surface area contributed by atoms with Crippen LogP contribution in [0.25, 0.3) is 11.4 Å². The van der Waals surface area contributed by atoms with Gasteiger partial charge in [-0.25, -0.2) is 4.98 Å². The van der Waals surface area contributed by atoms with Crippen LogP contribution in [0.15, 0.2) is 72.9 Å². The number of amides is 1. The number of aromatic nitrogens is 2. The molecule has 5 rings (SSSR count). The number of benzene rings is 3. The van der Waals surface area contributed by atoms with Crippen LogP contribution < -0.4 is 9.47 Å². The number of nitrogens with zero attached hydrogens (tertiary/aromatic N) is 3. The first-order valence-corrected chi connectivity index (χ1v) is 14.1. The quantitative estimate of drug-likeness (QED) is 0.264. The summed E-state index contributed by atoms with van der Waals surface area (Å²) in [7, 11) is 1.68. The molecule has 7 nitrogen and oxygen atoms in total. The molecule has 1 unspecified atom stereocenters. The molecule has 7 heteroatoms. The summed E-state index contributed by atoms with van der Waals surface area (Å²) in [6.07, 6.45) is 2.89. The highest BCUT2D eigenvalue weighted by atomic mass is 16.5. The number of H-pyrrole nitrogens is 1. The highest BCUT2D eigenvalue weighted by Gasteiger charge is 2.31. The van der Waals surface area contributed by atoms with Crippen LogP contribution in [0.1, 0.15) is 59.6 Å². The van der Waals surface area contributed by atoms with Crippen molar-refractivity contribution in [2.24, 2.45) is 0 Å². The average Bonchev–Trinajstić information content (AvgIpc) is 3.46. The zero-order valence-corrected chi connectivity index (χ0v) is 23.8. The maximum Gasteiger partial charge on any atom is 0.253 e. The van der Waals surface area contributed by atoms with Crippen molar-refractivity contribution in [1.29, 1.82) is 0 Å². The van der Waals surface area contributed by atoms with E-state index < -0.39 is 0 Å². The van der Waals surface area contributed by atoms with Gasteiger partial charge in [0.2, 0.25) is 0 Å². The summed E-state index contributed by atoms with van der Waals surface area (Å²) < 4.78 is 11.6. The largest absolute Gasteiger partial charge is 0.493 e. The van der Waals surface area contributed by atoms with Gasteiger partial charge in [-0.1, -0.05) is 42.5 Å². The fourth-order valence-electron chi connectivity index (χ4n) is 5.56. The molecular formula is C33H38N4O3. The Hall–Kier alpha value is -4.10. The van der Waals surface area contributed by atoms with Crippen molar-refractivity contribution < 1.29 is 14.3 Å². The number of ether oxygens (including phenoxy) is 2. The fourth-order valence-corrected chi connectivity index (χ4v) is 5.56. The second kappa shape index (κ2) is 12.4. The number of imidazole rings is 1. The lowest BCUT2D eigenvalue weighted by molar-refractivity contribution is 0.0773. The second-order valence-electron chi connectivity index (χ2n) is 9.96. The molecule has 40 heavy (non-hydrogen) atoms. The standard InChI is InChI=1S/C33H38N4O3/c1-5-36(6-2)33(38)25-15-13-23(14-16-25)31-28-20-30(40-7-3)29(39-4)19-26(28)17-18-37(31)22-27-21-34-32(35-27)24-11-9-8-10-12-24/h8-16,19-21,31H,5-7,17-18,22H2,1-4H3,(H,34,35). The van der Waals surface area contributed by atoms with Gasteiger partial charge < -0.3 is 19.4 Å². The van der Waals surface area contributed by atoms with Gasteiger partial charge in [-0.05, 0) is 68.1 Å². The van der Waals surface area contributed by atoms with Gasteiger partial charge in [0.1, 0.15) is 5.82 Å². The zero-order chi connectivity index (χ0) is 28.1. The average molecular weight is 539 g/mol. The number of hydrogen-bond donors (Lipinski definition) is 1. The Morgan fingerprint density at radius 3 is 2.45 bits per heavy atom. The number of methoxy groups -OCH3 is 1. The van der Waals surface area contributed by atoms with E-state index in [0.717, 1.165) is 47.1 Å². The summed E-state index contributed by atoms with van der Waals surface area (Å²) >= 11 is 0. The first kappa shape index (κ1) is 27.5. The Labute approximate surface area is 236 Å². The van der Waals surface area contributed by atoms with E-state index >= 15 is 0 Å². The van der Waals surface area contributed by atoms with Crippen molar-refractivity contribution in [2.75, 3.05) is 33.4 Å². The van der Waals surface area contributed by atoms with Crippen molar-refractivity contribution in [1.82, 2.24) is 19.8 Å². The summed E-state index contributed by atoms with van der Waals surface area (Å²) in [5.74, 6) is 2.43. The van der Waals surface area contributed by atoms with Crippen LogP contribution in [0.2, 0.25) is 0 Å². The van der Waals surface area contributed by atoms with Crippen LogP contribution >= 0.6 is 0 Å². The maximum atomic E-state index is 13.0. The minimum atomic E-state index is -0.0247. The number of nitrogens with one attached hydrogen (secondary N) is 1. The molecule has 0 saturated carbocycles. The summed E-state index contributed by atoms with van der Waals surface area (Å²) in [6.45, 7) is 9.49. The smallest absolute Gasteiger partial charge is 0.253 e. The molecule has 1 aliphatic rings. The lowest BCUT2D eigenvalue weighted by atomic mass is 9.87. The van der Waals surface area contributed by atoms with Crippen LogP contribution in [0, 0.1) is 0 Å². The highest BCUT2D eigenvalue weighted by molar-refractivity contribution is 5.94. The third-order valence-electron chi connectivity index (χ3n) is 7.62. The molecule has 0 aliphatic carbocycles. The van der Waals surface area contributed by atoms with Gasteiger partial charge in [-0.2, -0.15) is 0 Å². The summed E-state index contributed by atoms with van der Waals surface area (Å²) in [6, 6.07) is 22.5. The molecule has 0 fully saturated rings. The highest BCUT2D eigenvalue weighted by Crippen LogP contribution is 2.41. The van der Waals surface area contributed by atoms with Crippen molar-refractivity contribution in [3.05, 3.63) is 101 Å². The molecule has 0 saturated heterocycles. The van der Waals surface area contributed by atoms with E-state index in [4.69, 9.17) is 14.5 Å². The van der Waals surface area contributed by atoms with E-state index in [0.29, 0.717) is 31.8 Å². The summed E-state index contributed by atoms with van der Waals surface area (Å²) in [5, 5.41) is 0. The Balaban J connectivity index is 1.51. The van der Waals surface area contributed by atoms with Crippen molar-refractivity contribution >= 4 is 5.91 Å². The van der Waals surface area contributed by atoms with Gasteiger partial charge in [0.25, 0.3) is 5.91 Å². The van der Waals surface area contributed by atoms with Crippen molar-refractivity contribution in [3.63, 3.8) is 0 Å². The monoisotopic (exact) mass is 538 g/mol. The normalized spacial score (nSPS) is 14.9. The van der Waals surface area contributed by atoms with E-state index in [1.165, 1.54) is 11.1 Å². The molecule has 1 N–H and O–H groups in total. The topological polar surface area (TPSA) is 70.7 Å². The van der Waals surface area contributed by atoms with E-state index in [1.54, 1.807) is 7.11 Å². The Morgan fingerprint density at radius 2 is 1.77 bits per heavy atom. The molecular weight excluding hydrogens is 500 g/mol. The van der Waals surface area contributed by atoms with Crippen LogP contribution in [0.5, 0.6) is 11.5 Å². The van der Waals surface area contributed by atoms with Crippen LogP contribution in [-0.4, -0.2) is 59.0 Å². The molecule has 2 heterocycles. The second-order valence-corrected chi connectivity index (χ2v) is 9.96. The first-order valence-electron chi connectivity index (χ1n) is 14.1. The SMILES string of the molecule is CCOc1cc2c(cc1OC)CCN(Cc1c[nH]c(-c3ccccc3)n1)C2c1ccc(C(=O)N(CC)CC)cc1. The summed E-state index contributed by atoms with van der Waals surface area (Å²) in [4.78, 5) is 25.5. The molecule has 0 radical (unpaired) electrons. The number of fused-ring (bicyclic) bond motifs is 1. The Morgan fingerprint density at radius 1 is 1.02 bits per heavy atom. The number of hydrogen-bond acceptors (Lipinski definition) is 5. The van der Waals surface area contributed by atoms with Crippen molar-refractivity contribution in [3.8, 4) is 22.9 Å². The third kappa shape index (κ3) is 5.61. The van der Waals surface area contributed by atoms with E-state index in [2.05, 4.69) is 46.3 Å². The van der Waals surface area contributed by atoms with Gasteiger partial charge in [0, 0.05) is 43.5 Å². The molecule has 0 bridgehead atoms. The fraction of sp³-hybridized carbons (Fsp3) is 0.333. The van der Waals surface area contributed by atoms with Gasteiger partial charge in [0.15, 0.2) is 11.5 Å². The van der Waals surface area contributed by atoms with Crippen LogP contribution in [0.3, 0.4) is 0 Å². The molecule has 3 aromatic carbocycles. The molecule has 208 valence electrons. The van der Waals surface area contributed by atoms with Crippen LogP contribution in [0.4, 0.5) is 0 Å². The molecule has 4 aromatic rings. The predicted octanol–water partition coefficient (Wildman–Crippen LogP) is 6.11. The maximum absolute atomic E-state index is 13.0. The lowest BCUT2D eigenvalue weighted by Gasteiger charge is -2.38. The minimum absolute atomic E-state index is 0.0247. The Bertz CT molecular complexity index is 1430. The minimum Gasteiger partial charge on any atom is -0.493 e. The molecule has 0 spiro atoms. The first-order chi connectivity index (χ1) is 19.6.